The van der Waals surface area contributed by atoms with E-state index in [4.69, 9.17) is 26.9 Å². The predicted molar refractivity (Wildman–Crippen MR) is 72.3 cm³/mol. The Hall–Kier alpha value is -0.465. The predicted octanol–water partition coefficient (Wildman–Crippen LogP) is -0.295. The van der Waals surface area contributed by atoms with Crippen LogP contribution in [0.1, 0.15) is 13.3 Å². The Kier molecular flexibility index (Phi) is 15.2. The number of hydrogen-bond donors (Lipinski definition) is 1. The van der Waals surface area contributed by atoms with Crippen LogP contribution >= 0.6 is 0 Å². The summed E-state index contributed by atoms with van der Waals surface area (Å²) in [6.45, 7) is 6.39. The van der Waals surface area contributed by atoms with Crippen LogP contribution in [-0.4, -0.2) is 73.2 Å². The highest BCUT2D eigenvalue weighted by Gasteiger charge is 1.94. The molecule has 6 nitrogen and oxygen atoms in total. The van der Waals surface area contributed by atoms with E-state index in [0.717, 1.165) is 0 Å². The van der Waals surface area contributed by atoms with E-state index in [-0.39, 0.29) is 5.78 Å². The van der Waals surface area contributed by atoms with E-state index < -0.39 is 0 Å². The Bertz CT molecular complexity index is 207. The zero-order valence-electron chi connectivity index (χ0n) is 11.7. The molecule has 0 spiro atoms. The molecule has 0 atom stereocenters. The molecule has 0 unspecified atom stereocenters. The van der Waals surface area contributed by atoms with Gasteiger partial charge in [0.25, 0.3) is 0 Å². The topological polar surface area (TPSA) is 66.0 Å². The second-order valence-electron chi connectivity index (χ2n) is 3.86. The zero-order chi connectivity index (χ0) is 14.2. The first-order valence-corrected chi connectivity index (χ1v) is 6.51. The number of Topliss-reactive ketones (excluding diaryl/α,β-unsaturated/α-hetero) is 1. The Morgan fingerprint density at radius 3 is 1.68 bits per heavy atom. The van der Waals surface area contributed by atoms with Gasteiger partial charge in [0.15, 0.2) is 7.98 Å². The first-order valence-electron chi connectivity index (χ1n) is 6.51. The minimum absolute atomic E-state index is 0.138. The molecule has 0 bridgehead atoms. The fourth-order valence-electron chi connectivity index (χ4n) is 1.11. The van der Waals surface area contributed by atoms with Gasteiger partial charge >= 0.3 is 0 Å². The van der Waals surface area contributed by atoms with Crippen LogP contribution in [0.25, 0.3) is 0 Å². The Morgan fingerprint density at radius 1 is 0.842 bits per heavy atom. The smallest absolute Gasteiger partial charge is 0.177 e. The Morgan fingerprint density at radius 2 is 1.26 bits per heavy atom. The molecule has 0 aromatic carbocycles. The van der Waals surface area contributed by atoms with Crippen molar-refractivity contribution in [3.63, 3.8) is 0 Å². The molecule has 19 heavy (non-hydrogen) atoms. The second kappa shape index (κ2) is 15.6. The number of carbonyl (C=O) groups is 1. The minimum Gasteiger partial charge on any atom is -0.379 e. The lowest BCUT2D eigenvalue weighted by Crippen LogP contribution is -2.18. The average Bonchev–Trinajstić information content (AvgIpc) is 2.39. The van der Waals surface area contributed by atoms with Crippen molar-refractivity contribution < 1.29 is 23.7 Å². The molecule has 110 valence electrons. The molecule has 0 rings (SSSR count). The van der Waals surface area contributed by atoms with Crippen LogP contribution < -0.4 is 5.23 Å². The lowest BCUT2D eigenvalue weighted by molar-refractivity contribution is -0.118. The summed E-state index contributed by atoms with van der Waals surface area (Å²) in [7, 11) is 5.08. The molecule has 0 amide bonds. The third kappa shape index (κ3) is 17.5. The zero-order valence-corrected chi connectivity index (χ0v) is 11.7. The summed E-state index contributed by atoms with van der Waals surface area (Å²) in [6, 6.07) is 0. The highest BCUT2D eigenvalue weighted by molar-refractivity contribution is 6.04. The monoisotopic (exact) mass is 273 g/mol. The highest BCUT2D eigenvalue weighted by atomic mass is 16.6. The van der Waals surface area contributed by atoms with Gasteiger partial charge < -0.3 is 24.2 Å². The van der Waals surface area contributed by atoms with E-state index >= 15 is 0 Å². The molecule has 0 aromatic rings. The van der Waals surface area contributed by atoms with Gasteiger partial charge in [-0.3, -0.25) is 4.79 Å². The van der Waals surface area contributed by atoms with Crippen molar-refractivity contribution in [1.82, 2.24) is 5.23 Å². The van der Waals surface area contributed by atoms with Gasteiger partial charge in [-0.2, -0.15) is 0 Å². The summed E-state index contributed by atoms with van der Waals surface area (Å²) in [5, 5.41) is 2.50. The van der Waals surface area contributed by atoms with Crippen molar-refractivity contribution >= 4 is 13.8 Å². The van der Waals surface area contributed by atoms with Crippen LogP contribution in [0.5, 0.6) is 0 Å². The quantitative estimate of drug-likeness (QED) is 0.326. The normalized spacial score (nSPS) is 10.8. The molecule has 0 saturated heterocycles. The summed E-state index contributed by atoms with van der Waals surface area (Å²) in [5.41, 5.74) is 0. The van der Waals surface area contributed by atoms with Crippen molar-refractivity contribution in [3.05, 3.63) is 0 Å². The van der Waals surface area contributed by atoms with Crippen LogP contribution in [0.15, 0.2) is 0 Å². The minimum atomic E-state index is 0.138. The summed E-state index contributed by atoms with van der Waals surface area (Å²) < 4.78 is 21.0. The van der Waals surface area contributed by atoms with Crippen molar-refractivity contribution in [1.29, 1.82) is 0 Å². The van der Waals surface area contributed by atoms with Gasteiger partial charge in [0.1, 0.15) is 5.78 Å². The van der Waals surface area contributed by atoms with E-state index in [1.807, 2.05) is 0 Å². The molecule has 0 fully saturated rings. The molecule has 0 saturated carbocycles. The molecular formula is C12H24BNO5. The summed E-state index contributed by atoms with van der Waals surface area (Å²) in [6.07, 6.45) is 0.461. The number of ether oxygens (including phenoxy) is 4. The highest BCUT2D eigenvalue weighted by Crippen LogP contribution is 1.86. The molecule has 1 N–H and O–H groups in total. The molecule has 0 aliphatic rings. The molecule has 0 heterocycles. The van der Waals surface area contributed by atoms with Gasteiger partial charge in [-0.25, -0.2) is 0 Å². The summed E-state index contributed by atoms with van der Waals surface area (Å²) in [5.74, 6) is 0.138. The van der Waals surface area contributed by atoms with Crippen molar-refractivity contribution in [2.75, 3.05) is 59.4 Å². The molecular weight excluding hydrogens is 249 g/mol. The van der Waals surface area contributed by atoms with Gasteiger partial charge in [0.2, 0.25) is 0 Å². The molecule has 0 aromatic heterocycles. The standard InChI is InChI=1S/C12H24BNO5/c1-12(15)2-4-16-6-8-18-10-11-19-9-7-17-5-3-14-13/h14H,2-11H2,1H3. The number of rotatable bonds is 15. The fraction of sp³-hybridized carbons (Fsp3) is 0.917. The first-order chi connectivity index (χ1) is 9.27. The van der Waals surface area contributed by atoms with Crippen LogP contribution in [-0.2, 0) is 23.7 Å². The molecule has 0 aliphatic heterocycles. The van der Waals surface area contributed by atoms with Crippen LogP contribution in [0, 0.1) is 0 Å². The summed E-state index contributed by atoms with van der Waals surface area (Å²) >= 11 is 0. The van der Waals surface area contributed by atoms with Gasteiger partial charge in [-0.15, -0.1) is 0 Å². The van der Waals surface area contributed by atoms with Crippen LogP contribution in [0.3, 0.4) is 0 Å². The lowest BCUT2D eigenvalue weighted by Gasteiger charge is -2.07. The SMILES string of the molecule is [B]NCCOCCOCCOCCOCCC(C)=O. The maximum absolute atomic E-state index is 10.6. The lowest BCUT2D eigenvalue weighted by atomic mass is 10.3. The van der Waals surface area contributed by atoms with Gasteiger partial charge in [0, 0.05) is 13.0 Å². The third-order valence-electron chi connectivity index (χ3n) is 2.11. The summed E-state index contributed by atoms with van der Waals surface area (Å²) in [4.78, 5) is 10.6. The van der Waals surface area contributed by atoms with Gasteiger partial charge in [0.05, 0.1) is 52.9 Å². The van der Waals surface area contributed by atoms with E-state index in [2.05, 4.69) is 5.23 Å². The average molecular weight is 273 g/mol. The van der Waals surface area contributed by atoms with E-state index in [1.54, 1.807) is 6.92 Å². The largest absolute Gasteiger partial charge is 0.379 e. The van der Waals surface area contributed by atoms with Crippen LogP contribution in [0.4, 0.5) is 0 Å². The van der Waals surface area contributed by atoms with E-state index in [1.165, 1.54) is 0 Å². The fourth-order valence-corrected chi connectivity index (χ4v) is 1.11. The Balaban J connectivity index is 2.93. The third-order valence-corrected chi connectivity index (χ3v) is 2.11. The first kappa shape index (κ1) is 18.5. The second-order valence-corrected chi connectivity index (χ2v) is 3.86. The van der Waals surface area contributed by atoms with Crippen LogP contribution in [0.2, 0.25) is 0 Å². The van der Waals surface area contributed by atoms with E-state index in [9.17, 15) is 4.79 Å². The van der Waals surface area contributed by atoms with Crippen molar-refractivity contribution in [2.24, 2.45) is 0 Å². The number of nitrogens with one attached hydrogen (secondary N) is 1. The molecule has 7 heteroatoms. The maximum Gasteiger partial charge on any atom is 0.177 e. The van der Waals surface area contributed by atoms with Gasteiger partial charge in [-0.1, -0.05) is 0 Å². The van der Waals surface area contributed by atoms with Crippen molar-refractivity contribution in [3.8, 4) is 0 Å². The van der Waals surface area contributed by atoms with Gasteiger partial charge in [-0.05, 0) is 6.92 Å². The maximum atomic E-state index is 10.6. The number of hydrogen-bond acceptors (Lipinski definition) is 6. The molecule has 2 radical (unpaired) electrons. The Labute approximate surface area is 116 Å². The molecule has 0 aliphatic carbocycles. The van der Waals surface area contributed by atoms with Crippen molar-refractivity contribution in [2.45, 2.75) is 13.3 Å². The number of ketones is 1. The van der Waals surface area contributed by atoms with E-state index in [0.29, 0.717) is 65.8 Å². The number of carbonyl (C=O) groups excluding carboxylic acids is 1.